The van der Waals surface area contributed by atoms with Crippen LogP contribution in [0.5, 0.6) is 0 Å². The molecule has 2 N–H and O–H groups in total. The summed E-state index contributed by atoms with van der Waals surface area (Å²) >= 11 is 1.35. The zero-order chi connectivity index (χ0) is 13.1. The number of benzene rings is 1. The fourth-order valence-corrected chi connectivity index (χ4v) is 2.35. The Balaban J connectivity index is 2.09. The minimum atomic E-state index is -0.578. The van der Waals surface area contributed by atoms with Crippen LogP contribution in [0, 0.1) is 11.6 Å². The van der Waals surface area contributed by atoms with Gasteiger partial charge in [0.25, 0.3) is 0 Å². The number of halogens is 2. The van der Waals surface area contributed by atoms with Crippen LogP contribution in [0.1, 0.15) is 11.4 Å². The molecule has 0 amide bonds. The van der Waals surface area contributed by atoms with Crippen molar-refractivity contribution in [3.63, 3.8) is 0 Å². The molecule has 1 heterocycles. The van der Waals surface area contributed by atoms with Gasteiger partial charge in [-0.3, -0.25) is 0 Å². The molecule has 0 radical (unpaired) electrons. The minimum Gasteiger partial charge on any atom is -0.324 e. The van der Waals surface area contributed by atoms with E-state index in [9.17, 15) is 8.78 Å². The van der Waals surface area contributed by atoms with Crippen LogP contribution in [0.3, 0.4) is 0 Å². The number of rotatable bonds is 4. The van der Waals surface area contributed by atoms with Crippen LogP contribution in [0.2, 0.25) is 0 Å². The molecule has 0 aliphatic carbocycles. The monoisotopic (exact) mass is 270 g/mol. The normalized spacial score (nSPS) is 10.9. The van der Waals surface area contributed by atoms with E-state index in [-0.39, 0.29) is 0 Å². The third-order valence-corrected chi connectivity index (χ3v) is 3.49. The fraction of sp³-hybridized carbons (Fsp3) is 0.273. The molecule has 1 aromatic heterocycles. The van der Waals surface area contributed by atoms with Crippen LogP contribution in [0.4, 0.5) is 8.78 Å². The van der Waals surface area contributed by atoms with Crippen LogP contribution in [-0.2, 0) is 19.3 Å². The van der Waals surface area contributed by atoms with Crippen LogP contribution >= 0.6 is 11.8 Å². The summed E-state index contributed by atoms with van der Waals surface area (Å²) in [6.45, 7) is 0.304. The van der Waals surface area contributed by atoms with Gasteiger partial charge in [0.2, 0.25) is 0 Å². The van der Waals surface area contributed by atoms with Crippen molar-refractivity contribution in [2.45, 2.75) is 17.5 Å². The first kappa shape index (κ1) is 13.0. The van der Waals surface area contributed by atoms with Crippen molar-refractivity contribution in [1.29, 1.82) is 0 Å². The first-order valence-corrected chi connectivity index (χ1v) is 6.25. The number of thioether (sulfide) groups is 1. The van der Waals surface area contributed by atoms with Gasteiger partial charge in [0.05, 0.1) is 6.54 Å². The van der Waals surface area contributed by atoms with E-state index < -0.39 is 11.6 Å². The lowest BCUT2D eigenvalue weighted by Crippen LogP contribution is -2.05. The molecule has 0 fully saturated rings. The number of nitrogens with two attached hydrogens (primary N) is 1. The van der Waals surface area contributed by atoms with Crippen LogP contribution in [0.15, 0.2) is 23.4 Å². The lowest BCUT2D eigenvalue weighted by molar-refractivity contribution is 0.581. The SMILES string of the molecule is Cn1c(CN)nnc1SCc1cc(F)cc(F)c1. The smallest absolute Gasteiger partial charge is 0.191 e. The van der Waals surface area contributed by atoms with Gasteiger partial charge in [-0.1, -0.05) is 11.8 Å². The van der Waals surface area contributed by atoms with Crippen molar-refractivity contribution < 1.29 is 8.78 Å². The van der Waals surface area contributed by atoms with E-state index in [2.05, 4.69) is 10.2 Å². The minimum absolute atomic E-state index is 0.304. The molecule has 0 bridgehead atoms. The predicted octanol–water partition coefficient (Wildman–Crippen LogP) is 1.84. The van der Waals surface area contributed by atoms with E-state index in [0.717, 1.165) is 6.07 Å². The molecule has 0 unspecified atom stereocenters. The van der Waals surface area contributed by atoms with Gasteiger partial charge in [0.15, 0.2) is 5.16 Å². The molecule has 0 spiro atoms. The van der Waals surface area contributed by atoms with Gasteiger partial charge in [-0.25, -0.2) is 8.78 Å². The van der Waals surface area contributed by atoms with Crippen LogP contribution < -0.4 is 5.73 Å². The van der Waals surface area contributed by atoms with E-state index >= 15 is 0 Å². The molecule has 0 saturated carbocycles. The largest absolute Gasteiger partial charge is 0.324 e. The molecule has 4 nitrogen and oxygen atoms in total. The summed E-state index contributed by atoms with van der Waals surface area (Å²) in [6, 6.07) is 3.45. The third-order valence-electron chi connectivity index (χ3n) is 2.40. The van der Waals surface area contributed by atoms with E-state index in [0.29, 0.717) is 28.8 Å². The van der Waals surface area contributed by atoms with Gasteiger partial charge in [-0.05, 0) is 17.7 Å². The standard InChI is InChI=1S/C11H12F2N4S/c1-17-10(5-14)15-16-11(17)18-6-7-2-8(12)4-9(13)3-7/h2-4H,5-6,14H2,1H3. The molecule has 96 valence electrons. The number of hydrogen-bond acceptors (Lipinski definition) is 4. The second-order valence-electron chi connectivity index (χ2n) is 3.73. The van der Waals surface area contributed by atoms with E-state index in [4.69, 9.17) is 5.73 Å². The van der Waals surface area contributed by atoms with E-state index in [1.165, 1.54) is 23.9 Å². The zero-order valence-electron chi connectivity index (χ0n) is 9.73. The second kappa shape index (κ2) is 5.45. The molecule has 0 atom stereocenters. The van der Waals surface area contributed by atoms with Gasteiger partial charge >= 0.3 is 0 Å². The molecule has 7 heteroatoms. The van der Waals surface area contributed by atoms with Gasteiger partial charge in [0.1, 0.15) is 17.5 Å². The molecule has 2 aromatic rings. The van der Waals surface area contributed by atoms with Crippen LogP contribution in [0.25, 0.3) is 0 Å². The van der Waals surface area contributed by atoms with Crippen molar-refractivity contribution in [2.75, 3.05) is 0 Å². The molecule has 0 aliphatic rings. The van der Waals surface area contributed by atoms with Gasteiger partial charge in [-0.15, -0.1) is 10.2 Å². The highest BCUT2D eigenvalue weighted by atomic mass is 32.2. The molecule has 18 heavy (non-hydrogen) atoms. The Morgan fingerprint density at radius 3 is 2.44 bits per heavy atom. The first-order valence-electron chi connectivity index (χ1n) is 5.26. The zero-order valence-corrected chi connectivity index (χ0v) is 10.5. The predicted molar refractivity (Wildman–Crippen MR) is 64.8 cm³/mol. The summed E-state index contributed by atoms with van der Waals surface area (Å²) in [6.07, 6.45) is 0. The summed E-state index contributed by atoms with van der Waals surface area (Å²) in [5.41, 5.74) is 6.04. The van der Waals surface area contributed by atoms with Gasteiger partial charge in [0, 0.05) is 18.9 Å². The Bertz CT molecular complexity index is 536. The summed E-state index contributed by atoms with van der Waals surface area (Å²) in [5, 5.41) is 8.52. The quantitative estimate of drug-likeness (QED) is 0.861. The number of aromatic nitrogens is 3. The summed E-state index contributed by atoms with van der Waals surface area (Å²) in [5.74, 6) is -0.0639. The van der Waals surface area contributed by atoms with E-state index in [1.807, 2.05) is 0 Å². The van der Waals surface area contributed by atoms with Crippen molar-refractivity contribution in [3.05, 3.63) is 41.2 Å². The lowest BCUT2D eigenvalue weighted by Gasteiger charge is -2.03. The summed E-state index contributed by atoms with van der Waals surface area (Å²) in [4.78, 5) is 0. The Kier molecular flexibility index (Phi) is 3.93. The Morgan fingerprint density at radius 1 is 1.22 bits per heavy atom. The molecule has 0 aliphatic heterocycles. The van der Waals surface area contributed by atoms with Gasteiger partial charge in [-0.2, -0.15) is 0 Å². The molecular weight excluding hydrogens is 258 g/mol. The maximum Gasteiger partial charge on any atom is 0.191 e. The highest BCUT2D eigenvalue weighted by molar-refractivity contribution is 7.98. The average Bonchev–Trinajstić information content (AvgIpc) is 2.66. The summed E-state index contributed by atoms with van der Waals surface area (Å²) in [7, 11) is 1.80. The number of hydrogen-bond donors (Lipinski definition) is 1. The number of nitrogens with zero attached hydrogens (tertiary/aromatic N) is 3. The summed E-state index contributed by atoms with van der Waals surface area (Å²) < 4.78 is 27.7. The topological polar surface area (TPSA) is 56.7 Å². The van der Waals surface area contributed by atoms with Crippen molar-refractivity contribution in [2.24, 2.45) is 12.8 Å². The van der Waals surface area contributed by atoms with Gasteiger partial charge < -0.3 is 10.3 Å². The van der Waals surface area contributed by atoms with Crippen molar-refractivity contribution in [3.8, 4) is 0 Å². The van der Waals surface area contributed by atoms with Crippen LogP contribution in [-0.4, -0.2) is 14.8 Å². The fourth-order valence-electron chi connectivity index (χ4n) is 1.49. The lowest BCUT2D eigenvalue weighted by atomic mass is 10.2. The Morgan fingerprint density at radius 2 is 1.89 bits per heavy atom. The maximum absolute atomic E-state index is 13.0. The highest BCUT2D eigenvalue weighted by Crippen LogP contribution is 2.22. The molecule has 1 aromatic carbocycles. The third kappa shape index (κ3) is 2.85. The van der Waals surface area contributed by atoms with Crippen molar-refractivity contribution in [1.82, 2.24) is 14.8 Å². The molecule has 2 rings (SSSR count). The van der Waals surface area contributed by atoms with E-state index in [1.54, 1.807) is 11.6 Å². The molecule has 0 saturated heterocycles. The highest BCUT2D eigenvalue weighted by Gasteiger charge is 2.08. The average molecular weight is 270 g/mol. The maximum atomic E-state index is 13.0. The first-order chi connectivity index (χ1) is 8.60. The molecular formula is C11H12F2N4S. The van der Waals surface area contributed by atoms with Crippen molar-refractivity contribution >= 4 is 11.8 Å². The Labute approximate surface area is 107 Å². The second-order valence-corrected chi connectivity index (χ2v) is 4.67. The Hall–Kier alpha value is -1.47.